The molecule has 1 aliphatic heterocycles. The maximum Gasteiger partial charge on any atom is 0.306 e. The summed E-state index contributed by atoms with van der Waals surface area (Å²) in [5, 5.41) is 9.69. The molecule has 1 aliphatic rings. The van der Waals surface area contributed by atoms with Gasteiger partial charge in [0.05, 0.1) is 13.0 Å². The van der Waals surface area contributed by atoms with Gasteiger partial charge in [-0.1, -0.05) is 6.92 Å². The molecular weight excluding hydrogens is 288 g/mol. The van der Waals surface area contributed by atoms with E-state index in [9.17, 15) is 14.4 Å². The van der Waals surface area contributed by atoms with E-state index in [-0.39, 0.29) is 30.6 Å². The molecule has 8 nitrogen and oxygen atoms in total. The van der Waals surface area contributed by atoms with Gasteiger partial charge >= 0.3 is 5.97 Å². The predicted octanol–water partition coefficient (Wildman–Crippen LogP) is 1.15. The number of aromatic nitrogens is 2. The fourth-order valence-electron chi connectivity index (χ4n) is 2.45. The summed E-state index contributed by atoms with van der Waals surface area (Å²) in [6, 6.07) is 0. The number of carbonyl (C=O) groups is 3. The molecule has 2 rings (SSSR count). The van der Waals surface area contributed by atoms with Gasteiger partial charge in [-0.25, -0.2) is 0 Å². The second-order valence-electron chi connectivity index (χ2n) is 5.24. The average molecular weight is 308 g/mol. The second kappa shape index (κ2) is 6.59. The smallest absolute Gasteiger partial charge is 0.306 e. The molecule has 1 aromatic heterocycles. The molecule has 2 N–H and O–H groups in total. The van der Waals surface area contributed by atoms with Gasteiger partial charge in [-0.05, 0) is 12.8 Å². The van der Waals surface area contributed by atoms with Crippen LogP contribution in [0.3, 0.4) is 0 Å². The lowest BCUT2D eigenvalue weighted by molar-refractivity contribution is -0.144. The van der Waals surface area contributed by atoms with Gasteiger partial charge in [0.1, 0.15) is 5.82 Å². The van der Waals surface area contributed by atoms with E-state index in [2.05, 4.69) is 15.7 Å². The topological polar surface area (TPSA) is 102 Å². The molecular formula is C14H20N4O4. The summed E-state index contributed by atoms with van der Waals surface area (Å²) >= 11 is 0. The first-order valence-electron chi connectivity index (χ1n) is 7.24. The minimum Gasteiger partial charge on any atom is -0.466 e. The minimum absolute atomic E-state index is 0.0288. The number of esters is 1. The van der Waals surface area contributed by atoms with Gasteiger partial charge in [0.25, 0.3) is 0 Å². The first kappa shape index (κ1) is 16.0. The number of carbonyl (C=O) groups excluding carboxylic acids is 3. The molecule has 1 atom stereocenters. The van der Waals surface area contributed by atoms with Crippen molar-refractivity contribution in [2.45, 2.75) is 39.0 Å². The zero-order valence-corrected chi connectivity index (χ0v) is 12.9. The maximum absolute atomic E-state index is 11.9. The Morgan fingerprint density at radius 1 is 1.45 bits per heavy atom. The number of rotatable bonds is 5. The summed E-state index contributed by atoms with van der Waals surface area (Å²) in [5.74, 6) is 0.226. The number of ether oxygens (including phenoxy) is 1. The predicted molar refractivity (Wildman–Crippen MR) is 79.4 cm³/mol. The van der Waals surface area contributed by atoms with Crippen LogP contribution in [-0.4, -0.2) is 34.2 Å². The van der Waals surface area contributed by atoms with Gasteiger partial charge in [-0.15, -0.1) is 0 Å². The number of hydrogen-bond donors (Lipinski definition) is 2. The highest BCUT2D eigenvalue weighted by Gasteiger charge is 2.29. The van der Waals surface area contributed by atoms with E-state index in [4.69, 9.17) is 4.74 Å². The lowest BCUT2D eigenvalue weighted by atomic mass is 9.95. The Bertz CT molecular complexity index is 608. The second-order valence-corrected chi connectivity index (χ2v) is 5.24. The normalized spacial score (nSPS) is 16.7. The number of nitrogens with one attached hydrogen (secondary N) is 2. The Hall–Kier alpha value is -2.38. The van der Waals surface area contributed by atoms with Gasteiger partial charge in [0.2, 0.25) is 11.8 Å². The summed E-state index contributed by atoms with van der Waals surface area (Å²) in [6.07, 6.45) is 0.413. The van der Waals surface area contributed by atoms with Crippen LogP contribution in [0, 0.1) is 0 Å². The summed E-state index contributed by atoms with van der Waals surface area (Å²) in [4.78, 5) is 34.8. The summed E-state index contributed by atoms with van der Waals surface area (Å²) < 4.78 is 6.31. The van der Waals surface area contributed by atoms with Crippen molar-refractivity contribution in [1.82, 2.24) is 9.78 Å². The third-order valence-corrected chi connectivity index (χ3v) is 3.45. The van der Waals surface area contributed by atoms with Gasteiger partial charge < -0.3 is 15.4 Å². The lowest BCUT2D eigenvalue weighted by Crippen LogP contribution is -2.23. The zero-order chi connectivity index (χ0) is 16.3. The average Bonchev–Trinajstić information content (AvgIpc) is 2.73. The molecule has 0 radical (unpaired) electrons. The van der Waals surface area contributed by atoms with Crippen molar-refractivity contribution >= 4 is 29.4 Å². The Labute approximate surface area is 128 Å². The number of anilines is 2. The highest BCUT2D eigenvalue weighted by Crippen LogP contribution is 2.36. The minimum atomic E-state index is -0.402. The van der Waals surface area contributed by atoms with E-state index in [0.717, 1.165) is 5.56 Å². The molecule has 8 heteroatoms. The number of amides is 2. The molecule has 2 amide bonds. The van der Waals surface area contributed by atoms with Crippen LogP contribution in [0.4, 0.5) is 11.6 Å². The van der Waals surface area contributed by atoms with Crippen molar-refractivity contribution in [3.05, 3.63) is 5.56 Å². The Balaban J connectivity index is 2.05. The Kier molecular flexibility index (Phi) is 4.79. The van der Waals surface area contributed by atoms with Crippen LogP contribution in [0.15, 0.2) is 0 Å². The fourth-order valence-corrected chi connectivity index (χ4v) is 2.45. The number of aryl methyl sites for hydroxylation is 1. The first-order valence-corrected chi connectivity index (χ1v) is 7.24. The molecule has 1 aromatic rings. The van der Waals surface area contributed by atoms with Crippen molar-refractivity contribution in [1.29, 1.82) is 0 Å². The van der Waals surface area contributed by atoms with E-state index >= 15 is 0 Å². The van der Waals surface area contributed by atoms with Gasteiger partial charge in [-0.3, -0.25) is 19.1 Å². The molecule has 1 unspecified atom stereocenters. The van der Waals surface area contributed by atoms with E-state index in [1.807, 2.05) is 6.92 Å². The fraction of sp³-hybridized carbons (Fsp3) is 0.571. The third kappa shape index (κ3) is 3.44. The van der Waals surface area contributed by atoms with Crippen LogP contribution >= 0.6 is 0 Å². The van der Waals surface area contributed by atoms with Crippen LogP contribution in [0.1, 0.15) is 44.6 Å². The van der Waals surface area contributed by atoms with Gasteiger partial charge in [0.15, 0.2) is 5.82 Å². The molecule has 0 fully saturated rings. The van der Waals surface area contributed by atoms with Crippen molar-refractivity contribution in [3.63, 3.8) is 0 Å². The maximum atomic E-state index is 11.9. The molecule has 2 heterocycles. The van der Waals surface area contributed by atoms with E-state index in [1.54, 1.807) is 14.0 Å². The van der Waals surface area contributed by atoms with Crippen molar-refractivity contribution in [2.75, 3.05) is 17.2 Å². The molecule has 0 aromatic carbocycles. The van der Waals surface area contributed by atoms with Crippen molar-refractivity contribution in [2.24, 2.45) is 7.05 Å². The van der Waals surface area contributed by atoms with Gasteiger partial charge in [-0.2, -0.15) is 5.10 Å². The molecule has 0 spiro atoms. The first-order chi connectivity index (χ1) is 10.4. The number of fused-ring (bicyclic) bond motifs is 1. The van der Waals surface area contributed by atoms with Crippen molar-refractivity contribution < 1.29 is 19.1 Å². The summed E-state index contributed by atoms with van der Waals surface area (Å²) in [7, 11) is 1.70. The summed E-state index contributed by atoms with van der Waals surface area (Å²) in [6.45, 7) is 3.92. The number of hydrogen-bond acceptors (Lipinski definition) is 5. The molecule has 0 saturated heterocycles. The van der Waals surface area contributed by atoms with Crippen LogP contribution in [0.5, 0.6) is 0 Å². The highest BCUT2D eigenvalue weighted by atomic mass is 16.5. The number of nitrogens with zero attached hydrogens (tertiary/aromatic N) is 2. The van der Waals surface area contributed by atoms with E-state index in [0.29, 0.717) is 24.7 Å². The largest absolute Gasteiger partial charge is 0.466 e. The SMILES string of the molecule is CCOC(=O)CCC(=O)Nc1nn(C)c2c1C(C)CC(=O)N2. The molecule has 0 bridgehead atoms. The highest BCUT2D eigenvalue weighted by molar-refractivity contribution is 5.98. The third-order valence-electron chi connectivity index (χ3n) is 3.45. The van der Waals surface area contributed by atoms with E-state index in [1.165, 1.54) is 4.68 Å². The van der Waals surface area contributed by atoms with E-state index < -0.39 is 5.97 Å². The van der Waals surface area contributed by atoms with Crippen molar-refractivity contribution in [3.8, 4) is 0 Å². The van der Waals surface area contributed by atoms with Crippen LogP contribution in [0.2, 0.25) is 0 Å². The quantitative estimate of drug-likeness (QED) is 0.794. The van der Waals surface area contributed by atoms with Gasteiger partial charge in [0, 0.05) is 25.5 Å². The van der Waals surface area contributed by atoms with Crippen LogP contribution in [0.25, 0.3) is 0 Å². The molecule has 120 valence electrons. The molecule has 22 heavy (non-hydrogen) atoms. The zero-order valence-electron chi connectivity index (χ0n) is 12.9. The monoisotopic (exact) mass is 308 g/mol. The molecule has 0 saturated carbocycles. The lowest BCUT2D eigenvalue weighted by Gasteiger charge is -2.20. The van der Waals surface area contributed by atoms with Crippen LogP contribution in [-0.2, 0) is 26.2 Å². The standard InChI is InChI=1S/C14H20N4O4/c1-4-22-11(21)6-5-9(19)15-13-12-8(2)7-10(20)16-14(12)18(3)17-13/h8H,4-7H2,1-3H3,(H,16,20)(H,15,17,19). The molecule has 0 aliphatic carbocycles. The Morgan fingerprint density at radius 2 is 2.18 bits per heavy atom. The van der Waals surface area contributed by atoms with Crippen LogP contribution < -0.4 is 10.6 Å². The summed E-state index contributed by atoms with van der Waals surface area (Å²) in [5.41, 5.74) is 0.812. The Morgan fingerprint density at radius 3 is 2.86 bits per heavy atom.